The van der Waals surface area contributed by atoms with Crippen molar-refractivity contribution in [3.8, 4) is 34.2 Å². The molecule has 2 amide bonds. The molecule has 39 heavy (non-hydrogen) atoms. The van der Waals surface area contributed by atoms with Gasteiger partial charge in [-0.3, -0.25) is 9.59 Å². The number of anilines is 1. The summed E-state index contributed by atoms with van der Waals surface area (Å²) in [5.41, 5.74) is 2.35. The Kier molecular flexibility index (Phi) is 7.66. The van der Waals surface area contributed by atoms with Gasteiger partial charge in [-0.15, -0.1) is 0 Å². The molecule has 9 nitrogen and oxygen atoms in total. The molecule has 1 saturated heterocycles. The Morgan fingerprint density at radius 2 is 1.92 bits per heavy atom. The Morgan fingerprint density at radius 1 is 1.05 bits per heavy atom. The highest BCUT2D eigenvalue weighted by Gasteiger charge is 2.21. The monoisotopic (exact) mass is 521 g/mol. The number of carbonyl (C=O) groups is 2. The van der Waals surface area contributed by atoms with Crippen LogP contribution < -0.4 is 16.0 Å². The van der Waals surface area contributed by atoms with E-state index < -0.39 is 5.91 Å². The lowest BCUT2D eigenvalue weighted by Gasteiger charge is -2.23. The number of carbonyl (C=O) groups excluding carboxylic acids is 2. The van der Waals surface area contributed by atoms with E-state index in [9.17, 15) is 20.0 Å². The Balaban J connectivity index is 1.53. The molecule has 196 valence electrons. The second kappa shape index (κ2) is 11.6. The molecule has 4 aromatic rings. The molecule has 2 aromatic carbocycles. The molecule has 4 N–H and O–H groups in total. The second-order valence-corrected chi connectivity index (χ2v) is 9.28. The number of nitrogens with one attached hydrogen (secondary N) is 3. The Morgan fingerprint density at radius 3 is 2.67 bits per heavy atom. The Bertz CT molecular complexity index is 1540. The maximum Gasteiger partial charge on any atom is 0.292 e. The molecule has 0 bridgehead atoms. The number of aromatic hydroxyl groups is 1. The molecule has 1 atom stereocenters. The van der Waals surface area contributed by atoms with Crippen LogP contribution in [0.1, 0.15) is 45.7 Å². The van der Waals surface area contributed by atoms with Crippen molar-refractivity contribution in [1.82, 2.24) is 15.6 Å². The number of hydrogen-bond acceptors (Lipinski definition) is 7. The van der Waals surface area contributed by atoms with E-state index in [1.807, 2.05) is 0 Å². The van der Waals surface area contributed by atoms with Crippen molar-refractivity contribution in [2.75, 3.05) is 18.4 Å². The van der Waals surface area contributed by atoms with E-state index in [0.29, 0.717) is 34.5 Å². The van der Waals surface area contributed by atoms with Gasteiger partial charge in [0.15, 0.2) is 11.6 Å². The van der Waals surface area contributed by atoms with Crippen LogP contribution in [0.3, 0.4) is 0 Å². The molecule has 1 aliphatic rings. The van der Waals surface area contributed by atoms with Gasteiger partial charge in [0.2, 0.25) is 0 Å². The van der Waals surface area contributed by atoms with Crippen molar-refractivity contribution in [3.05, 3.63) is 89.9 Å². The number of phenolic OH excluding ortho intramolecular Hbond substituents is 1. The lowest BCUT2D eigenvalue weighted by Crippen LogP contribution is -2.43. The van der Waals surface area contributed by atoms with E-state index in [1.54, 1.807) is 54.6 Å². The van der Waals surface area contributed by atoms with Gasteiger partial charge in [-0.25, -0.2) is 4.98 Å². The molecule has 0 saturated carbocycles. The van der Waals surface area contributed by atoms with E-state index >= 15 is 0 Å². The minimum atomic E-state index is -0.575. The topological polar surface area (TPSA) is 140 Å². The fourth-order valence-electron chi connectivity index (χ4n) is 4.63. The number of pyridine rings is 1. The summed E-state index contributed by atoms with van der Waals surface area (Å²) < 4.78 is 5.19. The molecule has 9 heteroatoms. The third-order valence-electron chi connectivity index (χ3n) is 6.65. The fourth-order valence-corrected chi connectivity index (χ4v) is 4.63. The second-order valence-electron chi connectivity index (χ2n) is 9.28. The highest BCUT2D eigenvalue weighted by molar-refractivity contribution is 6.03. The smallest absolute Gasteiger partial charge is 0.292 e. The third-order valence-corrected chi connectivity index (χ3v) is 6.65. The highest BCUT2D eigenvalue weighted by Crippen LogP contribution is 2.35. The van der Waals surface area contributed by atoms with Crippen LogP contribution in [0, 0.1) is 11.3 Å². The molecular weight excluding hydrogens is 494 g/mol. The number of furan rings is 1. The zero-order chi connectivity index (χ0) is 27.2. The van der Waals surface area contributed by atoms with Crippen LogP contribution >= 0.6 is 0 Å². The summed E-state index contributed by atoms with van der Waals surface area (Å²) in [7, 11) is 0. The van der Waals surface area contributed by atoms with E-state index in [1.165, 1.54) is 18.4 Å². The van der Waals surface area contributed by atoms with Gasteiger partial charge < -0.3 is 25.5 Å². The number of phenols is 1. The molecule has 0 aliphatic carbocycles. The Hall–Kier alpha value is -4.94. The number of para-hydroxylation sites is 1. The number of hydrogen-bond donors (Lipinski definition) is 4. The number of rotatable bonds is 7. The van der Waals surface area contributed by atoms with Crippen LogP contribution in [0.2, 0.25) is 0 Å². The third kappa shape index (κ3) is 5.81. The van der Waals surface area contributed by atoms with E-state index in [0.717, 1.165) is 25.8 Å². The van der Waals surface area contributed by atoms with Crippen molar-refractivity contribution in [2.45, 2.75) is 25.3 Å². The van der Waals surface area contributed by atoms with E-state index in [2.05, 4.69) is 27.0 Å². The van der Waals surface area contributed by atoms with Crippen molar-refractivity contribution in [1.29, 1.82) is 5.26 Å². The zero-order valence-electron chi connectivity index (χ0n) is 21.1. The summed E-state index contributed by atoms with van der Waals surface area (Å²) in [6.45, 7) is 1.48. The first kappa shape index (κ1) is 25.7. The van der Waals surface area contributed by atoms with Gasteiger partial charge in [-0.1, -0.05) is 30.7 Å². The van der Waals surface area contributed by atoms with Crippen LogP contribution in [0.4, 0.5) is 5.82 Å². The van der Waals surface area contributed by atoms with Crippen molar-refractivity contribution < 1.29 is 19.1 Å². The summed E-state index contributed by atoms with van der Waals surface area (Å²) in [6.07, 6.45) is 4.68. The maximum atomic E-state index is 13.0. The zero-order valence-corrected chi connectivity index (χ0v) is 21.1. The van der Waals surface area contributed by atoms with Crippen LogP contribution in [0.25, 0.3) is 22.4 Å². The molecule has 2 aromatic heterocycles. The van der Waals surface area contributed by atoms with Crippen molar-refractivity contribution in [2.24, 2.45) is 0 Å². The average Bonchev–Trinajstić information content (AvgIpc) is 3.52. The normalized spacial score (nSPS) is 14.8. The van der Waals surface area contributed by atoms with Gasteiger partial charge >= 0.3 is 0 Å². The van der Waals surface area contributed by atoms with Crippen LogP contribution in [-0.4, -0.2) is 41.0 Å². The van der Waals surface area contributed by atoms with E-state index in [-0.39, 0.29) is 34.8 Å². The lowest BCUT2D eigenvalue weighted by molar-refractivity contribution is 0.0946. The van der Waals surface area contributed by atoms with Crippen LogP contribution in [0.15, 0.2) is 77.4 Å². The first-order valence-corrected chi connectivity index (χ1v) is 12.7. The largest absolute Gasteiger partial charge is 0.507 e. The predicted octanol–water partition coefficient (Wildman–Crippen LogP) is 4.71. The van der Waals surface area contributed by atoms with Gasteiger partial charge in [0.25, 0.3) is 11.8 Å². The maximum absolute atomic E-state index is 13.0. The highest BCUT2D eigenvalue weighted by atomic mass is 16.3. The molecule has 1 fully saturated rings. The van der Waals surface area contributed by atoms with Gasteiger partial charge in [0, 0.05) is 29.3 Å². The number of benzene rings is 2. The van der Waals surface area contributed by atoms with Gasteiger partial charge in [-0.05, 0) is 67.4 Å². The van der Waals surface area contributed by atoms with Crippen molar-refractivity contribution in [3.63, 3.8) is 0 Å². The summed E-state index contributed by atoms with van der Waals surface area (Å²) in [6, 6.07) is 20.7. The summed E-state index contributed by atoms with van der Waals surface area (Å²) >= 11 is 0. The quantitative estimate of drug-likeness (QED) is 0.276. The molecule has 3 heterocycles. The first-order valence-electron chi connectivity index (χ1n) is 12.7. The number of amides is 2. The molecule has 0 spiro atoms. The van der Waals surface area contributed by atoms with Crippen LogP contribution in [-0.2, 0) is 0 Å². The van der Waals surface area contributed by atoms with Gasteiger partial charge in [0.1, 0.15) is 17.4 Å². The molecule has 0 radical (unpaired) electrons. The van der Waals surface area contributed by atoms with Crippen LogP contribution in [0.5, 0.6) is 5.75 Å². The SMILES string of the molecule is N#Cc1c(-c2cccc(C(=O)NCC3CCCCN3)c2)cc(-c2ccccc2O)nc1NC(=O)c1ccco1. The first-order chi connectivity index (χ1) is 19.0. The fraction of sp³-hybridized carbons (Fsp3) is 0.200. The standard InChI is InChI=1S/C30H27N5O4/c31-17-24-23(19-7-5-8-20(15-19)29(37)33-18-21-9-3-4-13-32-21)16-25(22-10-1-2-11-26(22)36)34-28(24)35-30(38)27-12-6-14-39-27/h1-2,5-8,10-12,14-16,21,32,36H,3-4,9,13,18H2,(H,33,37)(H,34,35,38). The number of aromatic nitrogens is 1. The predicted molar refractivity (Wildman–Crippen MR) is 146 cm³/mol. The summed E-state index contributed by atoms with van der Waals surface area (Å²) in [5, 5.41) is 29.7. The van der Waals surface area contributed by atoms with Gasteiger partial charge in [-0.2, -0.15) is 5.26 Å². The van der Waals surface area contributed by atoms with E-state index in [4.69, 9.17) is 4.42 Å². The summed E-state index contributed by atoms with van der Waals surface area (Å²) in [5.74, 6) is -0.736. The lowest BCUT2D eigenvalue weighted by atomic mass is 9.96. The Labute approximate surface area is 225 Å². The minimum Gasteiger partial charge on any atom is -0.507 e. The molecule has 1 unspecified atom stereocenters. The van der Waals surface area contributed by atoms with Gasteiger partial charge in [0.05, 0.1) is 12.0 Å². The molecular formula is C30H27N5O4. The summed E-state index contributed by atoms with van der Waals surface area (Å²) in [4.78, 5) is 30.3. The average molecular weight is 522 g/mol. The number of nitriles is 1. The number of nitrogens with zero attached hydrogens (tertiary/aromatic N) is 2. The molecule has 5 rings (SSSR count). The van der Waals surface area contributed by atoms with Crippen molar-refractivity contribution >= 4 is 17.6 Å². The minimum absolute atomic E-state index is 0.00609. The molecule has 1 aliphatic heterocycles. The number of piperidine rings is 1.